The van der Waals surface area contributed by atoms with Gasteiger partial charge in [-0.2, -0.15) is 0 Å². The molecule has 7 nitrogen and oxygen atoms in total. The van der Waals surface area contributed by atoms with E-state index in [0.29, 0.717) is 5.95 Å². The molecule has 7 heteroatoms. The summed E-state index contributed by atoms with van der Waals surface area (Å²) in [5.41, 5.74) is 6.35. The molecule has 3 heterocycles. The smallest absolute Gasteiger partial charge is 0.227 e. The molecule has 2 N–H and O–H groups in total. The molecule has 4 aromatic rings. The number of amides is 1. The summed E-state index contributed by atoms with van der Waals surface area (Å²) in [6.07, 6.45) is 3.77. The van der Waals surface area contributed by atoms with Gasteiger partial charge in [0.25, 0.3) is 0 Å². The maximum Gasteiger partial charge on any atom is 0.227 e. The summed E-state index contributed by atoms with van der Waals surface area (Å²) in [5, 5.41) is 4.48. The number of aryl methyl sites for hydroxylation is 1. The molecule has 0 spiro atoms. The number of H-pyrrole nitrogens is 1. The van der Waals surface area contributed by atoms with Crippen LogP contribution in [0, 0.1) is 6.92 Å². The Morgan fingerprint density at radius 2 is 1.88 bits per heavy atom. The minimum absolute atomic E-state index is 0.149. The van der Waals surface area contributed by atoms with Crippen LogP contribution >= 0.6 is 0 Å². The molecule has 0 bridgehead atoms. The van der Waals surface area contributed by atoms with Gasteiger partial charge >= 0.3 is 0 Å². The molecule has 0 aliphatic carbocycles. The summed E-state index contributed by atoms with van der Waals surface area (Å²) in [6, 6.07) is 16.4. The number of carbonyl (C=O) groups is 1. The quantitative estimate of drug-likeness (QED) is 0.507. The van der Waals surface area contributed by atoms with Gasteiger partial charge in [0.15, 0.2) is 0 Å². The van der Waals surface area contributed by atoms with Crippen molar-refractivity contribution in [2.45, 2.75) is 13.8 Å². The van der Waals surface area contributed by atoms with Gasteiger partial charge in [-0.25, -0.2) is 9.97 Å². The fourth-order valence-corrected chi connectivity index (χ4v) is 4.33. The molecular formula is C25H26N6O. The first-order chi connectivity index (χ1) is 15.6. The molecule has 1 saturated heterocycles. The Balaban J connectivity index is 1.33. The molecule has 0 atom stereocenters. The lowest BCUT2D eigenvalue weighted by atomic mass is 10.1. The van der Waals surface area contributed by atoms with Gasteiger partial charge in [0, 0.05) is 73.3 Å². The van der Waals surface area contributed by atoms with Crippen LogP contribution in [-0.2, 0) is 4.79 Å². The van der Waals surface area contributed by atoms with E-state index < -0.39 is 0 Å². The van der Waals surface area contributed by atoms with Crippen molar-refractivity contribution in [3.63, 3.8) is 0 Å². The summed E-state index contributed by atoms with van der Waals surface area (Å²) in [6.45, 7) is 6.98. The zero-order valence-electron chi connectivity index (χ0n) is 18.3. The zero-order chi connectivity index (χ0) is 22.1. The van der Waals surface area contributed by atoms with Crippen molar-refractivity contribution < 1.29 is 4.79 Å². The van der Waals surface area contributed by atoms with E-state index in [2.05, 4.69) is 57.4 Å². The molecule has 0 saturated carbocycles. The van der Waals surface area contributed by atoms with Gasteiger partial charge in [-0.15, -0.1) is 0 Å². The molecule has 0 unspecified atom stereocenters. The van der Waals surface area contributed by atoms with Gasteiger partial charge in [-0.3, -0.25) is 4.79 Å². The Bertz CT molecular complexity index is 1270. The summed E-state index contributed by atoms with van der Waals surface area (Å²) >= 11 is 0. The van der Waals surface area contributed by atoms with Crippen molar-refractivity contribution in [1.29, 1.82) is 0 Å². The van der Waals surface area contributed by atoms with E-state index in [4.69, 9.17) is 4.98 Å². The van der Waals surface area contributed by atoms with Gasteiger partial charge in [-0.05, 0) is 42.8 Å². The van der Waals surface area contributed by atoms with Crippen molar-refractivity contribution in [3.05, 3.63) is 66.5 Å². The van der Waals surface area contributed by atoms with Crippen LogP contribution in [0.5, 0.6) is 0 Å². The zero-order valence-corrected chi connectivity index (χ0v) is 18.3. The number of aromatic amines is 1. The monoisotopic (exact) mass is 426 g/mol. The van der Waals surface area contributed by atoms with E-state index in [-0.39, 0.29) is 5.91 Å². The van der Waals surface area contributed by atoms with Crippen LogP contribution < -0.4 is 10.2 Å². The number of nitrogens with zero attached hydrogens (tertiary/aromatic N) is 4. The van der Waals surface area contributed by atoms with Crippen LogP contribution in [0.2, 0.25) is 0 Å². The van der Waals surface area contributed by atoms with Crippen molar-refractivity contribution in [2.75, 3.05) is 36.4 Å². The molecule has 0 radical (unpaired) electrons. The first-order valence-corrected chi connectivity index (χ1v) is 10.9. The Hall–Kier alpha value is -3.87. The van der Waals surface area contributed by atoms with E-state index in [1.54, 1.807) is 13.1 Å². The number of nitrogens with one attached hydrogen (secondary N) is 2. The van der Waals surface area contributed by atoms with Gasteiger partial charge in [0.2, 0.25) is 11.9 Å². The number of aromatic nitrogens is 3. The summed E-state index contributed by atoms with van der Waals surface area (Å²) in [5.74, 6) is 0.714. The SMILES string of the molecule is CC(=O)N1CCN(c2ccc(Nc3nccc(-c4c[nH]c5ccccc45)n3)cc2C)CC1. The normalized spacial score (nSPS) is 14.1. The Morgan fingerprint density at radius 3 is 2.66 bits per heavy atom. The number of fused-ring (bicyclic) bond motifs is 1. The molecule has 2 aromatic heterocycles. The molecule has 1 aliphatic rings. The highest BCUT2D eigenvalue weighted by Crippen LogP contribution is 2.29. The molecule has 1 fully saturated rings. The van der Waals surface area contributed by atoms with Gasteiger partial charge in [0.05, 0.1) is 5.69 Å². The third kappa shape index (κ3) is 3.89. The number of rotatable bonds is 4. The van der Waals surface area contributed by atoms with Crippen molar-refractivity contribution in [2.24, 2.45) is 0 Å². The molecule has 5 rings (SSSR count). The van der Waals surface area contributed by atoms with Gasteiger partial charge in [-0.1, -0.05) is 18.2 Å². The topological polar surface area (TPSA) is 77.2 Å². The van der Waals surface area contributed by atoms with Crippen LogP contribution in [0.4, 0.5) is 17.3 Å². The molecule has 32 heavy (non-hydrogen) atoms. The van der Waals surface area contributed by atoms with Crippen LogP contribution in [0.1, 0.15) is 12.5 Å². The predicted octanol–water partition coefficient (Wildman–Crippen LogP) is 4.35. The standard InChI is InChI=1S/C25H26N6O/c1-17-15-19(7-8-24(17)31-13-11-30(12-14-31)18(2)32)28-25-26-10-9-23(29-25)21-16-27-22-6-4-3-5-20(21)22/h3-10,15-16,27H,11-14H2,1-2H3,(H,26,28,29). The second-order valence-corrected chi connectivity index (χ2v) is 8.13. The highest BCUT2D eigenvalue weighted by Gasteiger charge is 2.20. The summed E-state index contributed by atoms with van der Waals surface area (Å²) in [4.78, 5) is 28.3. The maximum atomic E-state index is 11.6. The highest BCUT2D eigenvalue weighted by molar-refractivity contribution is 5.94. The van der Waals surface area contributed by atoms with E-state index in [1.165, 1.54) is 11.3 Å². The van der Waals surface area contributed by atoms with E-state index in [9.17, 15) is 4.79 Å². The number of anilines is 3. The van der Waals surface area contributed by atoms with E-state index in [1.807, 2.05) is 29.3 Å². The third-order valence-corrected chi connectivity index (χ3v) is 6.04. The van der Waals surface area contributed by atoms with Crippen LogP contribution in [0.15, 0.2) is 60.9 Å². The fourth-order valence-electron chi connectivity index (χ4n) is 4.33. The second kappa shape index (κ2) is 8.34. The minimum Gasteiger partial charge on any atom is -0.368 e. The largest absolute Gasteiger partial charge is 0.368 e. The lowest BCUT2D eigenvalue weighted by Gasteiger charge is -2.36. The first kappa shape index (κ1) is 20.1. The highest BCUT2D eigenvalue weighted by atomic mass is 16.2. The fraction of sp³-hybridized carbons (Fsp3) is 0.240. The van der Waals surface area contributed by atoms with Crippen LogP contribution in [0.25, 0.3) is 22.2 Å². The number of benzene rings is 2. The minimum atomic E-state index is 0.149. The maximum absolute atomic E-state index is 11.6. The number of hydrogen-bond acceptors (Lipinski definition) is 5. The molecular weight excluding hydrogens is 400 g/mol. The Labute approximate surface area is 187 Å². The lowest BCUT2D eigenvalue weighted by molar-refractivity contribution is -0.129. The number of hydrogen-bond donors (Lipinski definition) is 2. The van der Waals surface area contributed by atoms with Crippen molar-refractivity contribution in [3.8, 4) is 11.3 Å². The predicted molar refractivity (Wildman–Crippen MR) is 128 cm³/mol. The Kier molecular flexibility index (Phi) is 5.23. The summed E-state index contributed by atoms with van der Waals surface area (Å²) < 4.78 is 0. The third-order valence-electron chi connectivity index (χ3n) is 6.04. The number of piperazine rings is 1. The molecule has 1 aliphatic heterocycles. The summed E-state index contributed by atoms with van der Waals surface area (Å²) in [7, 11) is 0. The second-order valence-electron chi connectivity index (χ2n) is 8.13. The van der Waals surface area contributed by atoms with Gasteiger partial charge in [0.1, 0.15) is 0 Å². The average Bonchev–Trinajstić information content (AvgIpc) is 3.24. The van der Waals surface area contributed by atoms with Crippen molar-refractivity contribution in [1.82, 2.24) is 19.9 Å². The average molecular weight is 427 g/mol. The molecule has 162 valence electrons. The van der Waals surface area contributed by atoms with E-state index >= 15 is 0 Å². The Morgan fingerprint density at radius 1 is 1.06 bits per heavy atom. The van der Waals surface area contributed by atoms with Crippen molar-refractivity contribution >= 4 is 34.1 Å². The van der Waals surface area contributed by atoms with Crippen LogP contribution in [0.3, 0.4) is 0 Å². The molecule has 1 amide bonds. The lowest BCUT2D eigenvalue weighted by Crippen LogP contribution is -2.48. The number of para-hydroxylation sites is 1. The van der Waals surface area contributed by atoms with E-state index in [0.717, 1.165) is 54.0 Å². The van der Waals surface area contributed by atoms with Gasteiger partial charge < -0.3 is 20.1 Å². The number of carbonyl (C=O) groups excluding carboxylic acids is 1. The molecule has 2 aromatic carbocycles. The van der Waals surface area contributed by atoms with Crippen LogP contribution in [-0.4, -0.2) is 51.9 Å². The first-order valence-electron chi connectivity index (χ1n) is 10.9.